The van der Waals surface area contributed by atoms with Gasteiger partial charge in [0.1, 0.15) is 5.75 Å². The minimum Gasteiger partial charge on any atom is -0.668 e. The molecule has 13 heteroatoms. The zero-order chi connectivity index (χ0) is 29.5. The van der Waals surface area contributed by atoms with Crippen LogP contribution in [0.2, 0.25) is 5.02 Å². The van der Waals surface area contributed by atoms with Gasteiger partial charge in [0.15, 0.2) is 5.79 Å². The Morgan fingerprint density at radius 3 is 2.12 bits per heavy atom. The van der Waals surface area contributed by atoms with Crippen molar-refractivity contribution in [2.75, 3.05) is 26.4 Å². The third kappa shape index (κ3) is 11.7. The molecule has 0 aliphatic carbocycles. The van der Waals surface area contributed by atoms with E-state index in [9.17, 15) is 26.3 Å². The van der Waals surface area contributed by atoms with Crippen molar-refractivity contribution in [3.05, 3.63) is 69.4 Å². The van der Waals surface area contributed by atoms with Crippen LogP contribution in [0, 0.1) is 0 Å². The number of nitrogens with one attached hydrogen (secondary N) is 1. The number of ether oxygens (including phenoxy) is 3. The minimum atomic E-state index is -4.67. The fraction of sp³-hybridized carbons (Fsp3) is 0.556. The van der Waals surface area contributed by atoms with Crippen LogP contribution in [0.25, 0.3) is 5.73 Å². The van der Waals surface area contributed by atoms with E-state index < -0.39 is 34.8 Å². The average Bonchev–Trinajstić information content (AvgIpc) is 2.83. The molecule has 0 spiro atoms. The maximum Gasteiger partial charge on any atom is 0.419 e. The summed E-state index contributed by atoms with van der Waals surface area (Å²) in [6.45, 7) is 5.48. The number of aryl methyl sites for hydroxylation is 2. The molecular weight excluding hydrogens is 641 g/mol. The van der Waals surface area contributed by atoms with E-state index in [1.54, 1.807) is 20.8 Å². The summed E-state index contributed by atoms with van der Waals surface area (Å²) in [5.41, 5.74) is 6.22. The Morgan fingerprint density at radius 2 is 1.57 bits per heavy atom. The summed E-state index contributed by atoms with van der Waals surface area (Å²) >= 11 is 5.97. The number of alkyl halides is 6. The first-order valence-corrected chi connectivity index (χ1v) is 12.7. The van der Waals surface area contributed by atoms with Crippen molar-refractivity contribution in [2.45, 2.75) is 70.1 Å². The molecule has 0 atom stereocenters. The van der Waals surface area contributed by atoms with E-state index in [0.29, 0.717) is 5.56 Å². The molecular formula is C27H33ClF6NO4Y-. The van der Waals surface area contributed by atoms with Gasteiger partial charge in [-0.3, -0.25) is 0 Å². The van der Waals surface area contributed by atoms with E-state index in [1.165, 1.54) is 12.1 Å². The molecule has 2 aromatic rings. The van der Waals surface area contributed by atoms with E-state index >= 15 is 0 Å². The Hall–Kier alpha value is -0.946. The standard InChI is InChI=1S/C25H27ClF6NO3.C2H6O.Y/c1-22(2)35-14-23(33,15-36-22)10-9-16-5-8-21(19(12-16)25(30,31)32)34-11-3-4-17-13-18(24(27,28)29)6-7-20(17)26;1-2-3;/h5-8,12-13,33H,3-4,9-11,14-15H2,1-2H3;3H,2H2,1H3;/q-1;;. The maximum absolute atomic E-state index is 13.7. The molecule has 2 N–H and O–H groups in total. The summed E-state index contributed by atoms with van der Waals surface area (Å²) in [5.74, 6) is -1.16. The molecule has 1 radical (unpaired) electrons. The van der Waals surface area contributed by atoms with E-state index in [4.69, 9.17) is 36.7 Å². The van der Waals surface area contributed by atoms with Crippen LogP contribution in [-0.4, -0.2) is 42.9 Å². The molecule has 1 aliphatic heterocycles. The maximum atomic E-state index is 13.7. The summed E-state index contributed by atoms with van der Waals surface area (Å²) in [7, 11) is 0. The third-order valence-corrected chi connectivity index (χ3v) is 6.22. The largest absolute Gasteiger partial charge is 0.668 e. The van der Waals surface area contributed by atoms with Crippen molar-refractivity contribution in [1.29, 1.82) is 0 Å². The number of hydrogen-bond acceptors (Lipinski definition) is 4. The molecule has 0 saturated carbocycles. The topological polar surface area (TPSA) is 71.7 Å². The van der Waals surface area contributed by atoms with Crippen molar-refractivity contribution in [2.24, 2.45) is 0 Å². The van der Waals surface area contributed by atoms with Gasteiger partial charge >= 0.3 is 12.4 Å². The summed E-state index contributed by atoms with van der Waals surface area (Å²) in [6, 6.07) is 6.68. The van der Waals surface area contributed by atoms with Gasteiger partial charge < -0.3 is 25.1 Å². The molecule has 1 aliphatic rings. The van der Waals surface area contributed by atoms with E-state index in [2.05, 4.69) is 0 Å². The Balaban J connectivity index is 0.00000191. The van der Waals surface area contributed by atoms with Gasteiger partial charge in [-0.05, 0) is 81.5 Å². The predicted octanol–water partition coefficient (Wildman–Crippen LogP) is 7.89. The minimum absolute atomic E-state index is 0. The van der Waals surface area contributed by atoms with Crippen molar-refractivity contribution in [1.82, 2.24) is 0 Å². The van der Waals surface area contributed by atoms with Gasteiger partial charge in [0, 0.05) is 57.6 Å². The van der Waals surface area contributed by atoms with Gasteiger partial charge in [-0.25, -0.2) is 0 Å². The van der Waals surface area contributed by atoms with Gasteiger partial charge in [-0.1, -0.05) is 29.6 Å². The summed E-state index contributed by atoms with van der Waals surface area (Å²) in [4.78, 5) is 0. The van der Waals surface area contributed by atoms with Gasteiger partial charge in [-0.2, -0.15) is 26.3 Å². The quantitative estimate of drug-likeness (QED) is 0.229. The van der Waals surface area contributed by atoms with E-state index in [0.717, 1.165) is 24.3 Å². The smallest absolute Gasteiger partial charge is 0.419 e. The monoisotopic (exact) mass is 673 g/mol. The summed E-state index contributed by atoms with van der Waals surface area (Å²) in [5, 5.41) is 7.72. The van der Waals surface area contributed by atoms with Gasteiger partial charge in [0.05, 0.1) is 17.7 Å². The first-order valence-electron chi connectivity index (χ1n) is 12.3. The second kappa shape index (κ2) is 15.5. The first kappa shape index (κ1) is 37.1. The average molecular weight is 674 g/mol. The van der Waals surface area contributed by atoms with E-state index in [-0.39, 0.29) is 101 Å². The van der Waals surface area contributed by atoms with Crippen LogP contribution in [0.15, 0.2) is 36.4 Å². The normalized spacial score (nSPS) is 16.4. The predicted molar refractivity (Wildman–Crippen MR) is 136 cm³/mol. The Morgan fingerprint density at radius 1 is 0.975 bits per heavy atom. The van der Waals surface area contributed by atoms with Crippen LogP contribution in [-0.2, 0) is 67.4 Å². The Bertz CT molecular complexity index is 1070. The van der Waals surface area contributed by atoms with Crippen LogP contribution < -0.4 is 4.74 Å². The molecule has 0 bridgehead atoms. The van der Waals surface area contributed by atoms with Gasteiger partial charge in [-0.15, -0.1) is 0 Å². The Kier molecular flexibility index (Phi) is 14.4. The number of halogens is 7. The zero-order valence-electron chi connectivity index (χ0n) is 22.5. The molecule has 0 unspecified atom stereocenters. The number of rotatable bonds is 8. The summed E-state index contributed by atoms with van der Waals surface area (Å²) in [6.07, 6.45) is -8.46. The second-order valence-corrected chi connectivity index (χ2v) is 10.1. The Labute approximate surface area is 260 Å². The van der Waals surface area contributed by atoms with Crippen LogP contribution >= 0.6 is 11.6 Å². The van der Waals surface area contributed by atoms with E-state index in [1.807, 2.05) is 0 Å². The van der Waals surface area contributed by atoms with Crippen molar-refractivity contribution in [3.63, 3.8) is 0 Å². The van der Waals surface area contributed by atoms with Crippen molar-refractivity contribution >= 4 is 11.6 Å². The molecule has 0 amide bonds. The number of aliphatic hydroxyl groups excluding tert-OH is 1. The fourth-order valence-electron chi connectivity index (χ4n) is 3.70. The van der Waals surface area contributed by atoms with Crippen molar-refractivity contribution in [3.8, 4) is 5.75 Å². The zero-order valence-corrected chi connectivity index (χ0v) is 26.1. The van der Waals surface area contributed by atoms with Crippen LogP contribution in [0.3, 0.4) is 0 Å². The molecule has 40 heavy (non-hydrogen) atoms. The number of hydrogen-bond donors (Lipinski definition) is 1. The molecule has 0 aromatic heterocycles. The second-order valence-electron chi connectivity index (χ2n) is 9.66. The van der Waals surface area contributed by atoms with Crippen LogP contribution in [0.4, 0.5) is 26.3 Å². The molecule has 1 saturated heterocycles. The fourth-order valence-corrected chi connectivity index (χ4v) is 3.91. The SMILES string of the molecule is CC1(C)OCC([NH-])(CCc2ccc(OCCCc3cc(C(F)(F)F)ccc3Cl)c(C(F)(F)F)c2)CO1.CCO.[Y]. The molecule has 5 nitrogen and oxygen atoms in total. The van der Waals surface area contributed by atoms with Gasteiger partial charge in [0.25, 0.3) is 0 Å². The van der Waals surface area contributed by atoms with Crippen LogP contribution in [0.5, 0.6) is 5.75 Å². The molecule has 1 fully saturated rings. The van der Waals surface area contributed by atoms with Crippen LogP contribution in [0.1, 0.15) is 55.9 Å². The molecule has 3 rings (SSSR count). The first-order chi connectivity index (χ1) is 18.0. The van der Waals surface area contributed by atoms with Crippen molar-refractivity contribution < 1.29 is 78.4 Å². The number of benzene rings is 2. The molecule has 223 valence electrons. The molecule has 1 heterocycles. The van der Waals surface area contributed by atoms with Gasteiger partial charge in [0.2, 0.25) is 0 Å². The third-order valence-electron chi connectivity index (χ3n) is 5.85. The summed E-state index contributed by atoms with van der Waals surface area (Å²) < 4.78 is 96.2. The number of aliphatic hydroxyl groups is 1. The molecule has 2 aromatic carbocycles.